The number of rotatable bonds is 0. The summed E-state index contributed by atoms with van der Waals surface area (Å²) in [5.41, 5.74) is 0. The van der Waals surface area contributed by atoms with Crippen LogP contribution in [0.4, 0.5) is 0 Å². The third-order valence-corrected chi connectivity index (χ3v) is 0. The molecule has 0 bridgehead atoms. The van der Waals surface area contributed by atoms with Gasteiger partial charge in [-0.3, -0.25) is 0 Å². The topological polar surface area (TPSA) is 0 Å². The van der Waals surface area contributed by atoms with Crippen molar-refractivity contribution in [2.75, 3.05) is 0 Å². The molecular formula is BrCl3-3. The van der Waals surface area contributed by atoms with Crippen molar-refractivity contribution in [3.8, 4) is 0 Å². The van der Waals surface area contributed by atoms with Crippen molar-refractivity contribution >= 4 is 17.0 Å². The van der Waals surface area contributed by atoms with E-state index in [9.17, 15) is 0 Å². The minimum atomic E-state index is 0. The molecule has 0 aromatic rings. The van der Waals surface area contributed by atoms with Gasteiger partial charge in [0.1, 0.15) is 0 Å². The minimum absolute atomic E-state index is 0. The molecule has 0 heterocycles. The maximum absolute atomic E-state index is 0. The molecule has 4 heavy (non-hydrogen) atoms. The molecule has 0 saturated carbocycles. The fraction of sp³-hybridized carbons (Fsp3) is 0. The van der Waals surface area contributed by atoms with Crippen molar-refractivity contribution in [3.63, 3.8) is 0 Å². The van der Waals surface area contributed by atoms with Crippen molar-refractivity contribution < 1.29 is 37.2 Å². The van der Waals surface area contributed by atoms with E-state index < -0.39 is 0 Å². The van der Waals surface area contributed by atoms with Crippen LogP contribution in [0, 0.1) is 0 Å². The van der Waals surface area contributed by atoms with Crippen LogP contribution in [-0.2, 0) is 0 Å². The van der Waals surface area contributed by atoms with E-state index in [1.807, 2.05) is 0 Å². The summed E-state index contributed by atoms with van der Waals surface area (Å²) in [6.45, 7) is 0. The van der Waals surface area contributed by atoms with Crippen LogP contribution in [0.25, 0.3) is 0 Å². The lowest BCUT2D eigenvalue weighted by Crippen LogP contribution is -3.00. The van der Waals surface area contributed by atoms with Gasteiger partial charge in [-0.1, -0.05) is 0 Å². The average molecular weight is 186 g/mol. The van der Waals surface area contributed by atoms with E-state index >= 15 is 0 Å². The molecule has 4 heteroatoms. The first kappa shape index (κ1) is 55.5. The molecule has 0 nitrogen and oxygen atoms in total. The Kier molecular flexibility index (Phi) is 372. The van der Waals surface area contributed by atoms with E-state index in [1.165, 1.54) is 0 Å². The van der Waals surface area contributed by atoms with E-state index in [-0.39, 0.29) is 54.2 Å². The summed E-state index contributed by atoms with van der Waals surface area (Å²) in [5, 5.41) is 0. The monoisotopic (exact) mass is 184 g/mol. The lowest BCUT2D eigenvalue weighted by molar-refractivity contribution is -0.00100. The van der Waals surface area contributed by atoms with Crippen molar-refractivity contribution in [3.05, 3.63) is 0 Å². The van der Waals surface area contributed by atoms with Gasteiger partial charge in [0.25, 0.3) is 0 Å². The smallest absolute Gasteiger partial charge is 0 e. The van der Waals surface area contributed by atoms with Gasteiger partial charge >= 0.3 is 0 Å². The molecule has 0 aliphatic heterocycles. The number of halogens is 4. The average Bonchev–Trinajstić information content (AvgIpc) is 0. The summed E-state index contributed by atoms with van der Waals surface area (Å²) in [4.78, 5) is 0. The largest absolute Gasteiger partial charge is 1.00 e. The Morgan fingerprint density at radius 1 is 0.500 bits per heavy atom. The zero-order valence-corrected chi connectivity index (χ0v) is 5.37. The second-order valence-electron chi connectivity index (χ2n) is 0. The van der Waals surface area contributed by atoms with Crippen LogP contribution in [-0.4, -0.2) is 0 Å². The van der Waals surface area contributed by atoms with Crippen molar-refractivity contribution in [1.82, 2.24) is 0 Å². The Labute approximate surface area is 54.3 Å². The Balaban J connectivity index is 0. The summed E-state index contributed by atoms with van der Waals surface area (Å²) in [6, 6.07) is 0. The zero-order chi connectivity index (χ0) is 0. The molecular weight excluding hydrogens is 186 g/mol. The highest BCUT2D eigenvalue weighted by Crippen LogP contribution is 0.846. The molecule has 0 aromatic carbocycles. The summed E-state index contributed by atoms with van der Waals surface area (Å²) in [6.07, 6.45) is 0. The first-order chi connectivity index (χ1) is 0. The van der Waals surface area contributed by atoms with E-state index in [1.54, 1.807) is 0 Å². The Bertz CT molecular complexity index is 3.25. The van der Waals surface area contributed by atoms with E-state index in [4.69, 9.17) is 0 Å². The fourth-order valence-corrected chi connectivity index (χ4v) is 0. The quantitative estimate of drug-likeness (QED) is 0.352. The van der Waals surface area contributed by atoms with Gasteiger partial charge < -0.3 is 37.2 Å². The molecule has 0 aliphatic rings. The molecule has 0 aromatic heterocycles. The zero-order valence-electron chi connectivity index (χ0n) is 1.51. The predicted molar refractivity (Wildman–Crippen MR) is 8.93 cm³/mol. The Morgan fingerprint density at radius 3 is 0.500 bits per heavy atom. The molecule has 0 spiro atoms. The molecule has 0 N–H and O–H groups in total. The SMILES string of the molecule is [Br].[Cl-].[Cl-].[Cl-]. The van der Waals surface area contributed by atoms with Gasteiger partial charge in [0, 0.05) is 17.0 Å². The molecule has 31 valence electrons. The highest BCUT2D eigenvalue weighted by molar-refractivity contribution is 8.93. The van der Waals surface area contributed by atoms with Crippen LogP contribution < -0.4 is 37.2 Å². The predicted octanol–water partition coefficient (Wildman–Crippen LogP) is -8.14. The number of hydrogen-bond donors (Lipinski definition) is 0. The van der Waals surface area contributed by atoms with Gasteiger partial charge in [-0.2, -0.15) is 0 Å². The normalized spacial score (nSPS) is 0. The Hall–Kier alpha value is 1.35. The van der Waals surface area contributed by atoms with Crippen molar-refractivity contribution in [2.24, 2.45) is 0 Å². The van der Waals surface area contributed by atoms with E-state index in [2.05, 4.69) is 0 Å². The first-order valence-corrected chi connectivity index (χ1v) is 0. The van der Waals surface area contributed by atoms with Gasteiger partial charge in [-0.05, 0) is 0 Å². The molecule has 0 unspecified atom stereocenters. The van der Waals surface area contributed by atoms with Gasteiger partial charge in [0.05, 0.1) is 0 Å². The standard InChI is InChI=1S/Br.3ClH/h;3*1H/p-3. The van der Waals surface area contributed by atoms with Gasteiger partial charge in [-0.25, -0.2) is 0 Å². The van der Waals surface area contributed by atoms with Crippen LogP contribution in [0.1, 0.15) is 0 Å². The molecule has 0 fully saturated rings. The van der Waals surface area contributed by atoms with Crippen LogP contribution in [0.15, 0.2) is 0 Å². The fourth-order valence-electron chi connectivity index (χ4n) is 0. The van der Waals surface area contributed by atoms with Gasteiger partial charge in [-0.15, -0.1) is 0 Å². The highest BCUT2D eigenvalue weighted by atomic mass is 79.9. The lowest BCUT2D eigenvalue weighted by atomic mass is 35.5. The van der Waals surface area contributed by atoms with Gasteiger partial charge in [0.15, 0.2) is 0 Å². The third kappa shape index (κ3) is 10.2. The lowest BCUT2D eigenvalue weighted by Gasteiger charge is -1.00. The van der Waals surface area contributed by atoms with Gasteiger partial charge in [0.2, 0.25) is 0 Å². The van der Waals surface area contributed by atoms with Crippen LogP contribution in [0.3, 0.4) is 0 Å². The van der Waals surface area contributed by atoms with E-state index in [0.29, 0.717) is 0 Å². The molecule has 0 aliphatic carbocycles. The molecule has 0 amide bonds. The first-order valence-electron chi connectivity index (χ1n) is 0. The van der Waals surface area contributed by atoms with E-state index in [0.717, 1.165) is 0 Å². The molecule has 0 saturated heterocycles. The van der Waals surface area contributed by atoms with Crippen molar-refractivity contribution in [1.29, 1.82) is 0 Å². The van der Waals surface area contributed by atoms with Crippen LogP contribution >= 0.6 is 17.0 Å². The van der Waals surface area contributed by atoms with Crippen molar-refractivity contribution in [2.45, 2.75) is 0 Å². The second kappa shape index (κ2) is 26.8. The van der Waals surface area contributed by atoms with Crippen LogP contribution in [0.2, 0.25) is 0 Å². The van der Waals surface area contributed by atoms with Crippen LogP contribution in [0.5, 0.6) is 0 Å². The summed E-state index contributed by atoms with van der Waals surface area (Å²) in [7, 11) is 0. The molecule has 0 atom stereocenters. The molecule has 0 rings (SSSR count). The maximum Gasteiger partial charge on any atom is 0 e. The summed E-state index contributed by atoms with van der Waals surface area (Å²) in [5.74, 6) is 0. The highest BCUT2D eigenvalue weighted by Gasteiger charge is 0.00000301. The summed E-state index contributed by atoms with van der Waals surface area (Å²) < 4.78 is 0. The number of hydrogen-bond acceptors (Lipinski definition) is 0. The molecule has 1 radical (unpaired) electrons. The summed E-state index contributed by atoms with van der Waals surface area (Å²) >= 11 is 0. The maximum atomic E-state index is 0. The second-order valence-corrected chi connectivity index (χ2v) is 0. The third-order valence-electron chi connectivity index (χ3n) is 0. The Morgan fingerprint density at radius 2 is 0.500 bits per heavy atom. The minimum Gasteiger partial charge on any atom is -1.00 e.